The van der Waals surface area contributed by atoms with E-state index in [0.717, 1.165) is 67.1 Å². The third-order valence-electron chi connectivity index (χ3n) is 8.76. The van der Waals surface area contributed by atoms with Crippen LogP contribution in [0.1, 0.15) is 69.8 Å². The molecule has 0 spiro atoms. The van der Waals surface area contributed by atoms with Gasteiger partial charge in [-0.15, -0.1) is 11.3 Å². The van der Waals surface area contributed by atoms with E-state index < -0.39 is 12.0 Å². The minimum absolute atomic E-state index is 0.118. The smallest absolute Gasteiger partial charge is 0.411 e. The average molecular weight is 610 g/mol. The molecule has 0 bridgehead atoms. The topological polar surface area (TPSA) is 64.1 Å². The molecule has 3 aliphatic rings. The molecular weight excluding hydrogens is 568 g/mol. The van der Waals surface area contributed by atoms with Crippen LogP contribution in [0.15, 0.2) is 18.2 Å². The van der Waals surface area contributed by atoms with Crippen molar-refractivity contribution in [2.75, 3.05) is 44.2 Å². The van der Waals surface area contributed by atoms with Gasteiger partial charge in [-0.25, -0.2) is 13.6 Å². The molecule has 1 aliphatic carbocycles. The van der Waals surface area contributed by atoms with Gasteiger partial charge >= 0.3 is 6.09 Å². The fourth-order valence-corrected chi connectivity index (χ4v) is 7.54. The normalized spacial score (nSPS) is 21.8. The summed E-state index contributed by atoms with van der Waals surface area (Å²) < 4.78 is 24.4. The second-order valence-electron chi connectivity index (χ2n) is 11.8. The Kier molecular flexibility index (Phi) is 10.3. The molecule has 1 N–H and O–H groups in total. The SMILES string of the molecule is Cc1ccc(N(CCCN2CC3CN(C(=O)c4c(C)sc(C)c4C)CC3C2)C(=O)O)cc1Cl.FC1(F)CCCCC1. The zero-order valence-corrected chi connectivity index (χ0v) is 26.1. The Bertz CT molecular complexity index is 1230. The zero-order chi connectivity index (χ0) is 29.9. The lowest BCUT2D eigenvalue weighted by Gasteiger charge is -2.24. The lowest BCUT2D eigenvalue weighted by molar-refractivity contribution is -0.0337. The van der Waals surface area contributed by atoms with Gasteiger partial charge in [0.05, 0.1) is 5.56 Å². The molecular formula is C31H42ClF2N3O3S. The van der Waals surface area contributed by atoms with Gasteiger partial charge in [0, 0.05) is 66.0 Å². The van der Waals surface area contributed by atoms with Crippen molar-refractivity contribution in [1.29, 1.82) is 0 Å². The predicted molar refractivity (Wildman–Crippen MR) is 162 cm³/mol. The number of carbonyl (C=O) groups is 2. The summed E-state index contributed by atoms with van der Waals surface area (Å²) in [6.07, 6.45) is 2.46. The minimum atomic E-state index is -2.32. The Morgan fingerprint density at radius 3 is 2.15 bits per heavy atom. The van der Waals surface area contributed by atoms with Crippen LogP contribution in [0.3, 0.4) is 0 Å². The summed E-state index contributed by atoms with van der Waals surface area (Å²) in [7, 11) is 0. The summed E-state index contributed by atoms with van der Waals surface area (Å²) in [4.78, 5) is 33.1. The van der Waals surface area contributed by atoms with Crippen LogP contribution in [-0.2, 0) is 0 Å². The fourth-order valence-electron chi connectivity index (χ4n) is 6.31. The molecule has 3 heterocycles. The maximum atomic E-state index is 13.2. The Morgan fingerprint density at radius 1 is 1.02 bits per heavy atom. The van der Waals surface area contributed by atoms with Crippen molar-refractivity contribution >= 4 is 40.6 Å². The number of carboxylic acid groups (broad SMARTS) is 1. The van der Waals surface area contributed by atoms with Crippen LogP contribution in [0.2, 0.25) is 5.02 Å². The number of nitrogens with zero attached hydrogens (tertiary/aromatic N) is 3. The van der Waals surface area contributed by atoms with Crippen LogP contribution in [0.25, 0.3) is 0 Å². The first-order chi connectivity index (χ1) is 19.4. The van der Waals surface area contributed by atoms with E-state index in [1.807, 2.05) is 24.8 Å². The van der Waals surface area contributed by atoms with Gasteiger partial charge in [-0.05, 0) is 88.6 Å². The first-order valence-electron chi connectivity index (χ1n) is 14.6. The molecule has 226 valence electrons. The minimum Gasteiger partial charge on any atom is -0.465 e. The number of alkyl halides is 2. The molecule has 5 rings (SSSR count). The quantitative estimate of drug-likeness (QED) is 0.363. The predicted octanol–water partition coefficient (Wildman–Crippen LogP) is 7.80. The van der Waals surface area contributed by atoms with Crippen molar-refractivity contribution in [3.63, 3.8) is 0 Å². The lowest BCUT2D eigenvalue weighted by Crippen LogP contribution is -2.35. The second kappa shape index (κ2) is 13.4. The van der Waals surface area contributed by atoms with Gasteiger partial charge in [0.1, 0.15) is 0 Å². The van der Waals surface area contributed by atoms with E-state index in [4.69, 9.17) is 11.6 Å². The lowest BCUT2D eigenvalue weighted by atomic mass is 9.97. The molecule has 1 aromatic heterocycles. The van der Waals surface area contributed by atoms with Gasteiger partial charge in [-0.1, -0.05) is 24.1 Å². The number of amides is 2. The number of hydrogen-bond donors (Lipinski definition) is 1. The number of rotatable bonds is 6. The average Bonchev–Trinajstić information content (AvgIpc) is 3.54. The Morgan fingerprint density at radius 2 is 1.66 bits per heavy atom. The molecule has 2 saturated heterocycles. The molecule has 2 unspecified atom stereocenters. The Hall–Kier alpha value is -2.23. The van der Waals surface area contributed by atoms with Gasteiger partial charge in [0.25, 0.3) is 5.91 Å². The summed E-state index contributed by atoms with van der Waals surface area (Å²) in [6, 6.07) is 5.37. The van der Waals surface area contributed by atoms with Crippen LogP contribution < -0.4 is 4.90 Å². The Balaban J connectivity index is 0.000000417. The third-order valence-corrected chi connectivity index (χ3v) is 10.3. The number of aryl methyl sites for hydroxylation is 3. The molecule has 10 heteroatoms. The molecule has 1 saturated carbocycles. The highest BCUT2D eigenvalue weighted by Crippen LogP contribution is 2.35. The van der Waals surface area contributed by atoms with Crippen molar-refractivity contribution < 1.29 is 23.5 Å². The van der Waals surface area contributed by atoms with Crippen LogP contribution in [-0.4, -0.2) is 72.1 Å². The maximum Gasteiger partial charge on any atom is 0.411 e. The van der Waals surface area contributed by atoms with Gasteiger partial charge in [0.15, 0.2) is 0 Å². The molecule has 2 aromatic rings. The van der Waals surface area contributed by atoms with Gasteiger partial charge in [0.2, 0.25) is 5.92 Å². The van der Waals surface area contributed by atoms with E-state index in [0.29, 0.717) is 41.9 Å². The van der Waals surface area contributed by atoms with Gasteiger partial charge < -0.3 is 14.9 Å². The number of benzene rings is 1. The van der Waals surface area contributed by atoms with E-state index in [-0.39, 0.29) is 18.7 Å². The molecule has 6 nitrogen and oxygen atoms in total. The summed E-state index contributed by atoms with van der Waals surface area (Å²) in [5, 5.41) is 10.2. The standard InChI is InChI=1S/C25H32ClN3O3S.C6H10F2/c1-15-6-7-21(10-22(15)26)29(25(31)32)9-5-8-27-11-19-13-28(14-20(19)12-27)24(30)23-16(2)17(3)33-18(23)4;7-6(8)4-2-1-3-5-6/h6-7,10,19-20H,5,8-9,11-14H2,1-4H3,(H,31,32);1-5H2. The highest BCUT2D eigenvalue weighted by atomic mass is 35.5. The first-order valence-corrected chi connectivity index (χ1v) is 15.8. The number of carbonyl (C=O) groups excluding carboxylic acids is 1. The van der Waals surface area contributed by atoms with E-state index >= 15 is 0 Å². The fraction of sp³-hybridized carbons (Fsp3) is 0.613. The van der Waals surface area contributed by atoms with E-state index in [9.17, 15) is 23.5 Å². The summed E-state index contributed by atoms with van der Waals surface area (Å²) in [5.41, 5.74) is 3.57. The highest BCUT2D eigenvalue weighted by Gasteiger charge is 2.42. The van der Waals surface area contributed by atoms with Crippen molar-refractivity contribution in [3.05, 3.63) is 49.7 Å². The van der Waals surface area contributed by atoms with E-state index in [2.05, 4.69) is 18.7 Å². The van der Waals surface area contributed by atoms with Crippen LogP contribution in [0.4, 0.5) is 19.3 Å². The monoisotopic (exact) mass is 609 g/mol. The maximum absolute atomic E-state index is 13.2. The van der Waals surface area contributed by atoms with Crippen molar-refractivity contribution in [3.8, 4) is 0 Å². The van der Waals surface area contributed by atoms with Crippen LogP contribution in [0, 0.1) is 39.5 Å². The molecule has 1 aromatic carbocycles. The first kappa shape index (κ1) is 31.7. The molecule has 2 aliphatic heterocycles. The zero-order valence-electron chi connectivity index (χ0n) is 24.5. The molecule has 3 fully saturated rings. The molecule has 0 radical (unpaired) electrons. The van der Waals surface area contributed by atoms with E-state index in [1.54, 1.807) is 23.5 Å². The van der Waals surface area contributed by atoms with Crippen LogP contribution in [0.5, 0.6) is 0 Å². The summed E-state index contributed by atoms with van der Waals surface area (Å²) in [6.45, 7) is 12.9. The Labute approximate surface area is 251 Å². The molecule has 41 heavy (non-hydrogen) atoms. The molecule has 2 amide bonds. The number of hydrogen-bond acceptors (Lipinski definition) is 4. The summed E-state index contributed by atoms with van der Waals surface area (Å²) in [5.74, 6) is -1.14. The van der Waals surface area contributed by atoms with Gasteiger partial charge in [-0.3, -0.25) is 9.69 Å². The second-order valence-corrected chi connectivity index (χ2v) is 13.7. The van der Waals surface area contributed by atoms with Crippen molar-refractivity contribution in [1.82, 2.24) is 9.80 Å². The van der Waals surface area contributed by atoms with Gasteiger partial charge in [-0.2, -0.15) is 0 Å². The number of likely N-dealkylation sites (tertiary alicyclic amines) is 2. The van der Waals surface area contributed by atoms with Crippen LogP contribution >= 0.6 is 22.9 Å². The third kappa shape index (κ3) is 7.79. The summed E-state index contributed by atoms with van der Waals surface area (Å²) >= 11 is 7.90. The number of anilines is 1. The number of thiophene rings is 1. The van der Waals surface area contributed by atoms with E-state index in [1.165, 1.54) is 9.78 Å². The number of halogens is 3. The van der Waals surface area contributed by atoms with Crippen molar-refractivity contribution in [2.24, 2.45) is 11.8 Å². The largest absolute Gasteiger partial charge is 0.465 e. The number of fused-ring (bicyclic) bond motifs is 1. The van der Waals surface area contributed by atoms with Crippen molar-refractivity contribution in [2.45, 2.75) is 72.1 Å². The highest BCUT2D eigenvalue weighted by molar-refractivity contribution is 7.12. The molecule has 2 atom stereocenters.